The van der Waals surface area contributed by atoms with Crippen molar-refractivity contribution in [2.45, 2.75) is 39.7 Å². The summed E-state index contributed by atoms with van der Waals surface area (Å²) in [6.45, 7) is 8.84. The fraction of sp³-hybridized carbons (Fsp3) is 0.400. The van der Waals surface area contributed by atoms with Crippen molar-refractivity contribution in [3.05, 3.63) is 34.9 Å². The van der Waals surface area contributed by atoms with Crippen LogP contribution in [0, 0.1) is 5.82 Å². The van der Waals surface area contributed by atoms with E-state index in [1.54, 1.807) is 6.07 Å². The quantitative estimate of drug-likeness (QED) is 0.900. The highest BCUT2D eigenvalue weighted by Gasteiger charge is 2.25. The maximum Gasteiger partial charge on any atom is 0.132 e. The molecule has 0 amide bonds. The zero-order valence-electron chi connectivity index (χ0n) is 12.2. The Morgan fingerprint density at radius 1 is 1.35 bits per heavy atom. The maximum absolute atomic E-state index is 14.0. The van der Waals surface area contributed by atoms with Crippen molar-refractivity contribution in [1.82, 2.24) is 9.55 Å². The first-order valence-electron chi connectivity index (χ1n) is 6.57. The molecule has 2 aromatic rings. The number of aromatic nitrogens is 2. The summed E-state index contributed by atoms with van der Waals surface area (Å²) >= 11 is 5.95. The predicted molar refractivity (Wildman–Crippen MR) is 81.4 cm³/mol. The van der Waals surface area contributed by atoms with E-state index in [-0.39, 0.29) is 11.2 Å². The molecular weight excluding hydrogens is 277 g/mol. The molecule has 108 valence electrons. The van der Waals surface area contributed by atoms with E-state index in [9.17, 15) is 4.39 Å². The summed E-state index contributed by atoms with van der Waals surface area (Å²) in [5.74, 6) is 0.938. The summed E-state index contributed by atoms with van der Waals surface area (Å²) in [5.41, 5.74) is 6.78. The number of hydrogen-bond acceptors (Lipinski definition) is 2. The van der Waals surface area contributed by atoms with Crippen molar-refractivity contribution in [1.29, 1.82) is 0 Å². The average molecular weight is 296 g/mol. The van der Waals surface area contributed by atoms with Crippen LogP contribution in [0.15, 0.2) is 18.2 Å². The highest BCUT2D eigenvalue weighted by atomic mass is 35.5. The molecule has 0 bridgehead atoms. The highest BCUT2D eigenvalue weighted by molar-refractivity contribution is 6.30. The van der Waals surface area contributed by atoms with Crippen LogP contribution in [0.2, 0.25) is 5.02 Å². The lowest BCUT2D eigenvalue weighted by Gasteiger charge is -2.19. The van der Waals surface area contributed by atoms with Crippen molar-refractivity contribution in [2.75, 3.05) is 5.73 Å². The molecule has 0 spiro atoms. The molecule has 0 aliphatic rings. The van der Waals surface area contributed by atoms with E-state index in [1.165, 1.54) is 12.1 Å². The van der Waals surface area contributed by atoms with E-state index < -0.39 is 0 Å². The Balaban J connectivity index is 2.70. The summed E-state index contributed by atoms with van der Waals surface area (Å²) < 4.78 is 15.9. The third-order valence-electron chi connectivity index (χ3n) is 3.18. The standard InChI is InChI=1S/C15H19ClFN3/c1-5-20-13(18)12(19-14(20)15(2,3)4)10-8-9(16)6-7-11(10)17/h6-8H,5,18H2,1-4H3. The summed E-state index contributed by atoms with van der Waals surface area (Å²) in [6.07, 6.45) is 0. The minimum Gasteiger partial charge on any atom is -0.383 e. The number of rotatable bonds is 2. The van der Waals surface area contributed by atoms with Gasteiger partial charge in [-0.15, -0.1) is 0 Å². The topological polar surface area (TPSA) is 43.8 Å². The van der Waals surface area contributed by atoms with E-state index in [1.807, 2.05) is 11.5 Å². The SMILES string of the molecule is CCn1c(C(C)(C)C)nc(-c2cc(Cl)ccc2F)c1N. The van der Waals surface area contributed by atoms with Gasteiger partial charge in [-0.25, -0.2) is 9.37 Å². The fourth-order valence-electron chi connectivity index (χ4n) is 2.24. The van der Waals surface area contributed by atoms with Crippen molar-refractivity contribution >= 4 is 17.4 Å². The van der Waals surface area contributed by atoms with Gasteiger partial charge in [0.05, 0.1) is 0 Å². The van der Waals surface area contributed by atoms with Gasteiger partial charge in [0.2, 0.25) is 0 Å². The van der Waals surface area contributed by atoms with Crippen LogP contribution in [-0.4, -0.2) is 9.55 Å². The van der Waals surface area contributed by atoms with Crippen molar-refractivity contribution in [3.63, 3.8) is 0 Å². The van der Waals surface area contributed by atoms with Crippen molar-refractivity contribution < 1.29 is 4.39 Å². The summed E-state index contributed by atoms with van der Waals surface area (Å²) in [6, 6.07) is 4.40. The summed E-state index contributed by atoms with van der Waals surface area (Å²) in [4.78, 5) is 4.56. The Bertz CT molecular complexity index is 641. The number of hydrogen-bond donors (Lipinski definition) is 1. The molecule has 2 rings (SSSR count). The first kappa shape index (κ1) is 14.9. The second-order valence-corrected chi connectivity index (χ2v) is 6.22. The summed E-state index contributed by atoms with van der Waals surface area (Å²) in [5, 5.41) is 0.462. The normalized spacial score (nSPS) is 11.9. The molecule has 0 atom stereocenters. The van der Waals surface area contributed by atoms with Crippen LogP contribution in [0.5, 0.6) is 0 Å². The lowest BCUT2D eigenvalue weighted by atomic mass is 9.95. The van der Waals surface area contributed by atoms with Gasteiger partial charge in [-0.05, 0) is 25.1 Å². The lowest BCUT2D eigenvalue weighted by molar-refractivity contribution is 0.508. The van der Waals surface area contributed by atoms with Gasteiger partial charge in [0.15, 0.2) is 0 Å². The highest BCUT2D eigenvalue weighted by Crippen LogP contribution is 2.34. The monoisotopic (exact) mass is 295 g/mol. The molecular formula is C15H19ClFN3. The number of imidazole rings is 1. The Kier molecular flexibility index (Phi) is 3.78. The van der Waals surface area contributed by atoms with Gasteiger partial charge in [0.25, 0.3) is 0 Å². The average Bonchev–Trinajstić information content (AvgIpc) is 2.69. The van der Waals surface area contributed by atoms with Gasteiger partial charge >= 0.3 is 0 Å². The van der Waals surface area contributed by atoms with E-state index in [0.717, 1.165) is 5.82 Å². The van der Waals surface area contributed by atoms with E-state index >= 15 is 0 Å². The number of nitrogens with two attached hydrogens (primary N) is 1. The minimum atomic E-state index is -0.373. The van der Waals surface area contributed by atoms with Crippen LogP contribution in [-0.2, 0) is 12.0 Å². The first-order chi connectivity index (χ1) is 9.25. The largest absolute Gasteiger partial charge is 0.383 e. The van der Waals surface area contributed by atoms with Gasteiger partial charge in [-0.3, -0.25) is 0 Å². The maximum atomic E-state index is 14.0. The Morgan fingerprint density at radius 2 is 2.00 bits per heavy atom. The van der Waals surface area contributed by atoms with Gasteiger partial charge in [0.1, 0.15) is 23.2 Å². The fourth-order valence-corrected chi connectivity index (χ4v) is 2.41. The van der Waals surface area contributed by atoms with Crippen LogP contribution < -0.4 is 5.73 Å². The first-order valence-corrected chi connectivity index (χ1v) is 6.95. The minimum absolute atomic E-state index is 0.169. The molecule has 2 N–H and O–H groups in total. The Labute approximate surface area is 123 Å². The van der Waals surface area contributed by atoms with E-state index in [2.05, 4.69) is 25.8 Å². The molecule has 5 heteroatoms. The molecule has 0 radical (unpaired) electrons. The Morgan fingerprint density at radius 3 is 2.50 bits per heavy atom. The molecule has 1 aromatic heterocycles. The molecule has 0 aliphatic carbocycles. The number of nitrogens with zero attached hydrogens (tertiary/aromatic N) is 2. The number of halogens is 2. The van der Waals surface area contributed by atoms with Crippen molar-refractivity contribution in [2.24, 2.45) is 0 Å². The zero-order valence-corrected chi connectivity index (χ0v) is 12.9. The number of nitrogen functional groups attached to an aromatic ring is 1. The molecule has 3 nitrogen and oxygen atoms in total. The zero-order chi connectivity index (χ0) is 15.1. The van der Waals surface area contributed by atoms with Crippen LogP contribution in [0.3, 0.4) is 0 Å². The number of benzene rings is 1. The van der Waals surface area contributed by atoms with Gasteiger partial charge < -0.3 is 10.3 Å². The lowest BCUT2D eigenvalue weighted by Crippen LogP contribution is -2.19. The molecule has 20 heavy (non-hydrogen) atoms. The van der Waals surface area contributed by atoms with Gasteiger partial charge in [-0.2, -0.15) is 0 Å². The molecule has 0 unspecified atom stereocenters. The second-order valence-electron chi connectivity index (χ2n) is 5.79. The molecule has 0 saturated heterocycles. The van der Waals surface area contributed by atoms with E-state index in [0.29, 0.717) is 28.6 Å². The molecule has 1 aromatic carbocycles. The third kappa shape index (κ3) is 2.52. The van der Waals surface area contributed by atoms with Crippen LogP contribution in [0.25, 0.3) is 11.3 Å². The molecule has 0 fully saturated rings. The smallest absolute Gasteiger partial charge is 0.132 e. The van der Waals surface area contributed by atoms with Crippen LogP contribution >= 0.6 is 11.6 Å². The van der Waals surface area contributed by atoms with E-state index in [4.69, 9.17) is 17.3 Å². The molecule has 0 saturated carbocycles. The van der Waals surface area contributed by atoms with Crippen molar-refractivity contribution in [3.8, 4) is 11.3 Å². The predicted octanol–water partition coefficient (Wildman–Crippen LogP) is 4.24. The third-order valence-corrected chi connectivity index (χ3v) is 3.41. The van der Waals surface area contributed by atoms with Gasteiger partial charge in [-0.1, -0.05) is 32.4 Å². The summed E-state index contributed by atoms with van der Waals surface area (Å²) in [7, 11) is 0. The van der Waals surface area contributed by atoms with Crippen LogP contribution in [0.4, 0.5) is 10.2 Å². The Hall–Kier alpha value is -1.55. The molecule has 1 heterocycles. The number of anilines is 1. The molecule has 0 aliphatic heterocycles. The van der Waals surface area contributed by atoms with Crippen LogP contribution in [0.1, 0.15) is 33.5 Å². The van der Waals surface area contributed by atoms with Gasteiger partial charge in [0, 0.05) is 22.5 Å². The second kappa shape index (κ2) is 5.09.